The lowest BCUT2D eigenvalue weighted by atomic mass is 10.2. The van der Waals surface area contributed by atoms with E-state index in [0.717, 1.165) is 23.1 Å². The lowest BCUT2D eigenvalue weighted by molar-refractivity contribution is -0.131. The van der Waals surface area contributed by atoms with Gasteiger partial charge in [-0.3, -0.25) is 4.79 Å². The first kappa shape index (κ1) is 12.8. The molecule has 1 heterocycles. The lowest BCUT2D eigenvalue weighted by Gasteiger charge is -2.00. The minimum absolute atomic E-state index is 0.0648. The highest BCUT2D eigenvalue weighted by molar-refractivity contribution is 7.15. The van der Waals surface area contributed by atoms with Crippen LogP contribution in [0.3, 0.4) is 0 Å². The summed E-state index contributed by atoms with van der Waals surface area (Å²) < 4.78 is 0. The topological polar surface area (TPSA) is 66.4 Å². The number of hydrogen-bond donors (Lipinski definition) is 2. The van der Waals surface area contributed by atoms with Crippen molar-refractivity contribution in [2.45, 2.75) is 19.8 Å². The van der Waals surface area contributed by atoms with Gasteiger partial charge in [-0.1, -0.05) is 0 Å². The predicted molar refractivity (Wildman–Crippen MR) is 70.8 cm³/mol. The third-order valence-electron chi connectivity index (χ3n) is 2.81. The number of carboxylic acids is 1. The van der Waals surface area contributed by atoms with E-state index in [2.05, 4.69) is 5.32 Å². The SMILES string of the molecule is Cc1cc(C(=O)NCC2CC2)sc1C=CC(=O)O. The summed E-state index contributed by atoms with van der Waals surface area (Å²) in [5, 5.41) is 11.5. The Morgan fingerprint density at radius 1 is 1.56 bits per heavy atom. The standard InChI is InChI=1S/C13H15NO3S/c1-8-6-11(13(17)14-7-9-2-3-9)18-10(8)4-5-12(15)16/h4-6,9H,2-3,7H2,1H3,(H,14,17)(H,15,16). The monoisotopic (exact) mass is 265 g/mol. The zero-order valence-corrected chi connectivity index (χ0v) is 10.9. The van der Waals surface area contributed by atoms with Crippen LogP contribution >= 0.6 is 11.3 Å². The Balaban J connectivity index is 2.02. The normalized spacial score (nSPS) is 14.9. The number of thiophene rings is 1. The van der Waals surface area contributed by atoms with Crippen LogP contribution in [0.15, 0.2) is 12.1 Å². The van der Waals surface area contributed by atoms with Gasteiger partial charge < -0.3 is 10.4 Å². The minimum atomic E-state index is -0.984. The van der Waals surface area contributed by atoms with Gasteiger partial charge in [-0.15, -0.1) is 11.3 Å². The largest absolute Gasteiger partial charge is 0.478 e. The lowest BCUT2D eigenvalue weighted by Crippen LogP contribution is -2.24. The Labute approximate surface area is 109 Å². The summed E-state index contributed by atoms with van der Waals surface area (Å²) in [6.07, 6.45) is 5.03. The number of hydrogen-bond acceptors (Lipinski definition) is 3. The van der Waals surface area contributed by atoms with Crippen molar-refractivity contribution < 1.29 is 14.7 Å². The molecule has 1 amide bonds. The second-order valence-corrected chi connectivity index (χ2v) is 5.57. The molecule has 18 heavy (non-hydrogen) atoms. The highest BCUT2D eigenvalue weighted by Gasteiger charge is 2.22. The number of amides is 1. The fraction of sp³-hybridized carbons (Fsp3) is 0.385. The summed E-state index contributed by atoms with van der Waals surface area (Å²) >= 11 is 1.32. The molecule has 1 saturated carbocycles. The van der Waals surface area contributed by atoms with E-state index in [9.17, 15) is 9.59 Å². The molecule has 1 aromatic heterocycles. The van der Waals surface area contributed by atoms with Crippen molar-refractivity contribution in [2.75, 3.05) is 6.54 Å². The molecule has 1 aromatic rings. The Morgan fingerprint density at radius 2 is 2.28 bits per heavy atom. The van der Waals surface area contributed by atoms with Gasteiger partial charge >= 0.3 is 5.97 Å². The Hall–Kier alpha value is -1.62. The molecule has 2 N–H and O–H groups in total. The molecule has 0 unspecified atom stereocenters. The van der Waals surface area contributed by atoms with Crippen LogP contribution in [0.2, 0.25) is 0 Å². The minimum Gasteiger partial charge on any atom is -0.478 e. The summed E-state index contributed by atoms with van der Waals surface area (Å²) in [7, 11) is 0. The molecule has 0 aliphatic heterocycles. The Bertz CT molecular complexity index is 500. The van der Waals surface area contributed by atoms with Gasteiger partial charge in [0.25, 0.3) is 5.91 Å². The maximum Gasteiger partial charge on any atom is 0.328 e. The molecule has 0 atom stereocenters. The van der Waals surface area contributed by atoms with Crippen LogP contribution in [0.1, 0.15) is 33.0 Å². The second-order valence-electron chi connectivity index (χ2n) is 4.48. The van der Waals surface area contributed by atoms with Gasteiger partial charge in [0.05, 0.1) is 4.88 Å². The summed E-state index contributed by atoms with van der Waals surface area (Å²) in [4.78, 5) is 23.7. The number of aryl methyl sites for hydroxylation is 1. The van der Waals surface area contributed by atoms with E-state index in [1.165, 1.54) is 30.3 Å². The van der Waals surface area contributed by atoms with Gasteiger partial charge in [-0.2, -0.15) is 0 Å². The van der Waals surface area contributed by atoms with Crippen LogP contribution in [0.5, 0.6) is 0 Å². The van der Waals surface area contributed by atoms with Crippen molar-refractivity contribution >= 4 is 29.3 Å². The van der Waals surface area contributed by atoms with E-state index in [4.69, 9.17) is 5.11 Å². The molecule has 0 saturated heterocycles. The van der Waals surface area contributed by atoms with E-state index in [0.29, 0.717) is 10.8 Å². The van der Waals surface area contributed by atoms with Crippen LogP contribution in [0.25, 0.3) is 6.08 Å². The zero-order chi connectivity index (χ0) is 13.1. The van der Waals surface area contributed by atoms with Crippen LogP contribution in [0, 0.1) is 12.8 Å². The highest BCUT2D eigenvalue weighted by Crippen LogP contribution is 2.28. The van der Waals surface area contributed by atoms with Crippen LogP contribution in [0.4, 0.5) is 0 Å². The van der Waals surface area contributed by atoms with Crippen molar-refractivity contribution in [1.29, 1.82) is 0 Å². The van der Waals surface area contributed by atoms with Crippen molar-refractivity contribution in [3.05, 3.63) is 27.5 Å². The first-order valence-electron chi connectivity index (χ1n) is 5.86. The molecule has 2 rings (SSSR count). The second kappa shape index (κ2) is 5.35. The number of rotatable bonds is 5. The average Bonchev–Trinajstić information content (AvgIpc) is 3.07. The van der Waals surface area contributed by atoms with E-state index < -0.39 is 5.97 Å². The van der Waals surface area contributed by atoms with Crippen LogP contribution in [-0.4, -0.2) is 23.5 Å². The molecule has 4 nitrogen and oxygen atoms in total. The van der Waals surface area contributed by atoms with Crippen molar-refractivity contribution in [3.8, 4) is 0 Å². The molecule has 96 valence electrons. The fourth-order valence-electron chi connectivity index (χ4n) is 1.57. The molecule has 0 aromatic carbocycles. The van der Waals surface area contributed by atoms with Crippen molar-refractivity contribution in [2.24, 2.45) is 5.92 Å². The molecule has 0 bridgehead atoms. The maximum absolute atomic E-state index is 11.8. The quantitative estimate of drug-likeness (QED) is 0.803. The van der Waals surface area contributed by atoms with Crippen LogP contribution < -0.4 is 5.32 Å². The summed E-state index contributed by atoms with van der Waals surface area (Å²) in [6.45, 7) is 2.62. The third kappa shape index (κ3) is 3.43. The van der Waals surface area contributed by atoms with Gasteiger partial charge in [0, 0.05) is 17.5 Å². The number of carbonyl (C=O) groups excluding carboxylic acids is 1. The fourth-order valence-corrected chi connectivity index (χ4v) is 2.56. The van der Waals surface area contributed by atoms with E-state index in [1.807, 2.05) is 6.92 Å². The molecule has 5 heteroatoms. The molecule has 1 aliphatic carbocycles. The van der Waals surface area contributed by atoms with Crippen LogP contribution in [-0.2, 0) is 4.79 Å². The van der Waals surface area contributed by atoms with Gasteiger partial charge in [-0.05, 0) is 43.4 Å². The summed E-state index contributed by atoms with van der Waals surface area (Å²) in [5.41, 5.74) is 0.925. The van der Waals surface area contributed by atoms with E-state index >= 15 is 0 Å². The van der Waals surface area contributed by atoms with Gasteiger partial charge in [0.2, 0.25) is 0 Å². The number of aliphatic carboxylic acids is 1. The molecule has 0 radical (unpaired) electrons. The van der Waals surface area contributed by atoms with E-state index in [-0.39, 0.29) is 5.91 Å². The average molecular weight is 265 g/mol. The van der Waals surface area contributed by atoms with Crippen molar-refractivity contribution in [3.63, 3.8) is 0 Å². The highest BCUT2D eigenvalue weighted by atomic mass is 32.1. The van der Waals surface area contributed by atoms with Gasteiger partial charge in [-0.25, -0.2) is 4.79 Å². The summed E-state index contributed by atoms with van der Waals surface area (Å²) in [6, 6.07) is 1.80. The predicted octanol–water partition coefficient (Wildman–Crippen LogP) is 2.29. The number of carbonyl (C=O) groups is 2. The zero-order valence-electron chi connectivity index (χ0n) is 10.1. The Morgan fingerprint density at radius 3 is 2.89 bits per heavy atom. The van der Waals surface area contributed by atoms with Crippen molar-refractivity contribution in [1.82, 2.24) is 5.32 Å². The number of nitrogens with one attached hydrogen (secondary N) is 1. The van der Waals surface area contributed by atoms with Gasteiger partial charge in [0.15, 0.2) is 0 Å². The molecular weight excluding hydrogens is 250 g/mol. The molecule has 1 fully saturated rings. The smallest absolute Gasteiger partial charge is 0.328 e. The number of carboxylic acid groups (broad SMARTS) is 1. The first-order chi connectivity index (χ1) is 8.56. The first-order valence-corrected chi connectivity index (χ1v) is 6.67. The molecular formula is C13H15NO3S. The summed E-state index contributed by atoms with van der Waals surface area (Å²) in [5.74, 6) is -0.395. The third-order valence-corrected chi connectivity index (χ3v) is 4.01. The van der Waals surface area contributed by atoms with E-state index in [1.54, 1.807) is 6.07 Å². The molecule has 0 spiro atoms. The van der Waals surface area contributed by atoms with Gasteiger partial charge in [0.1, 0.15) is 0 Å². The maximum atomic E-state index is 11.8. The molecule has 1 aliphatic rings. The Kier molecular flexibility index (Phi) is 3.81.